The van der Waals surface area contributed by atoms with Crippen molar-refractivity contribution in [3.63, 3.8) is 0 Å². The fourth-order valence-electron chi connectivity index (χ4n) is 2.79. The van der Waals surface area contributed by atoms with E-state index in [9.17, 15) is 26.7 Å². The van der Waals surface area contributed by atoms with Crippen molar-refractivity contribution in [1.82, 2.24) is 9.78 Å². The monoisotopic (exact) mass is 482 g/mol. The van der Waals surface area contributed by atoms with Crippen LogP contribution in [-0.4, -0.2) is 15.7 Å². The maximum Gasteiger partial charge on any atom is 0.337 e. The van der Waals surface area contributed by atoms with E-state index in [-0.39, 0.29) is 28.2 Å². The normalized spacial score (nSPS) is 11.9. The van der Waals surface area contributed by atoms with Crippen molar-refractivity contribution in [3.05, 3.63) is 76.8 Å². The molecule has 0 spiro atoms. The number of ether oxygens (including phenoxy) is 1. The first kappa shape index (κ1) is 24.5. The average molecular weight is 482 g/mol. The number of aromatic nitrogens is 2. The Bertz CT molecular complexity index is 1210. The molecule has 0 saturated heterocycles. The van der Waals surface area contributed by atoms with Crippen LogP contribution < -0.4 is 4.74 Å². The van der Waals surface area contributed by atoms with Crippen molar-refractivity contribution >= 4 is 23.8 Å². The first-order chi connectivity index (χ1) is 15.4. The van der Waals surface area contributed by atoms with Crippen molar-refractivity contribution in [1.29, 1.82) is 0 Å². The van der Waals surface area contributed by atoms with Crippen molar-refractivity contribution in [2.45, 2.75) is 43.0 Å². The number of benzene rings is 2. The summed E-state index contributed by atoms with van der Waals surface area (Å²) in [5.41, 5.74) is 0.165. The van der Waals surface area contributed by atoms with Gasteiger partial charge in [-0.05, 0) is 39.3 Å². The molecule has 0 atom stereocenters. The number of hydrogen-bond acceptors (Lipinski definition) is 4. The highest BCUT2D eigenvalue weighted by molar-refractivity contribution is 7.99. The number of nitrogens with zero attached hydrogens (tertiary/aromatic N) is 2. The van der Waals surface area contributed by atoms with Gasteiger partial charge >= 0.3 is 5.97 Å². The highest BCUT2D eigenvalue weighted by Crippen LogP contribution is 2.43. The molecule has 0 radical (unpaired) electrons. The van der Waals surface area contributed by atoms with Crippen LogP contribution in [0.4, 0.5) is 22.0 Å². The summed E-state index contributed by atoms with van der Waals surface area (Å²) in [6.45, 7) is 6.68. The Morgan fingerprint density at radius 2 is 1.48 bits per heavy atom. The molecule has 0 amide bonds. The second-order valence-corrected chi connectivity index (χ2v) is 8.99. The number of hydrogen-bond donors (Lipinski definition) is 0. The SMILES string of the molecule is Cc1nn(C(C)(C)C)c(OC(=O)C=Cc2ccccc2)c1Sc1c(F)c(F)c(F)c(F)c1F. The van der Waals surface area contributed by atoms with E-state index in [0.717, 1.165) is 11.6 Å². The van der Waals surface area contributed by atoms with Crippen LogP contribution in [0.15, 0.2) is 46.2 Å². The van der Waals surface area contributed by atoms with Crippen LogP contribution in [0.3, 0.4) is 0 Å². The van der Waals surface area contributed by atoms with Gasteiger partial charge in [-0.3, -0.25) is 0 Å². The zero-order valence-corrected chi connectivity index (χ0v) is 18.9. The van der Waals surface area contributed by atoms with E-state index in [1.54, 1.807) is 45.0 Å². The topological polar surface area (TPSA) is 44.1 Å². The molecule has 4 nitrogen and oxygen atoms in total. The van der Waals surface area contributed by atoms with Crippen molar-refractivity contribution in [2.24, 2.45) is 0 Å². The van der Waals surface area contributed by atoms with E-state index in [2.05, 4.69) is 5.10 Å². The van der Waals surface area contributed by atoms with Crippen LogP contribution in [0, 0.1) is 36.0 Å². The minimum absolute atomic E-state index is 0.0606. The summed E-state index contributed by atoms with van der Waals surface area (Å²) >= 11 is 0.243. The summed E-state index contributed by atoms with van der Waals surface area (Å²) in [7, 11) is 0. The summed E-state index contributed by atoms with van der Waals surface area (Å²) in [6.07, 6.45) is 2.65. The zero-order chi connectivity index (χ0) is 24.5. The standard InChI is InChI=1S/C23H19F5N2O2S/c1-12-20(33-21-18(27)16(25)15(24)17(26)19(21)28)22(30(29-12)23(2,3)4)32-14(31)11-10-13-8-6-5-7-9-13/h5-11H,1-4H3. The highest BCUT2D eigenvalue weighted by atomic mass is 32.2. The number of rotatable bonds is 5. The summed E-state index contributed by atoms with van der Waals surface area (Å²) < 4.78 is 76.1. The number of carbonyl (C=O) groups excluding carboxylic acids is 1. The van der Waals surface area contributed by atoms with Crippen LogP contribution in [0.1, 0.15) is 32.0 Å². The minimum atomic E-state index is -2.26. The largest absolute Gasteiger partial charge is 0.403 e. The molecule has 0 unspecified atom stereocenters. The molecule has 0 bridgehead atoms. The Morgan fingerprint density at radius 3 is 2.03 bits per heavy atom. The summed E-state index contributed by atoms with van der Waals surface area (Å²) in [5, 5.41) is 4.26. The van der Waals surface area contributed by atoms with E-state index in [4.69, 9.17) is 4.74 Å². The molecule has 0 N–H and O–H groups in total. The second-order valence-electron chi connectivity index (χ2n) is 7.97. The van der Waals surface area contributed by atoms with Crippen molar-refractivity contribution in [2.75, 3.05) is 0 Å². The van der Waals surface area contributed by atoms with Crippen molar-refractivity contribution in [3.8, 4) is 5.88 Å². The first-order valence-electron chi connectivity index (χ1n) is 9.66. The van der Waals surface area contributed by atoms with E-state index < -0.39 is 45.5 Å². The Morgan fingerprint density at radius 1 is 0.939 bits per heavy atom. The quantitative estimate of drug-likeness (QED) is 0.139. The highest BCUT2D eigenvalue weighted by Gasteiger charge is 2.31. The molecule has 0 saturated carbocycles. The van der Waals surface area contributed by atoms with Gasteiger partial charge in [0.1, 0.15) is 0 Å². The molecular weight excluding hydrogens is 463 g/mol. The Hall–Kier alpha value is -3.14. The molecule has 1 heterocycles. The van der Waals surface area contributed by atoms with Gasteiger partial charge in [-0.15, -0.1) is 0 Å². The third-order valence-corrected chi connectivity index (χ3v) is 5.62. The van der Waals surface area contributed by atoms with Crippen LogP contribution >= 0.6 is 11.8 Å². The molecule has 3 rings (SSSR count). The molecule has 10 heteroatoms. The van der Waals surface area contributed by atoms with Gasteiger partial charge in [0.05, 0.1) is 21.0 Å². The number of halogens is 5. The van der Waals surface area contributed by atoms with Gasteiger partial charge in [0.2, 0.25) is 11.7 Å². The lowest BCUT2D eigenvalue weighted by atomic mass is 10.1. The Balaban J connectivity index is 2.04. The minimum Gasteiger partial charge on any atom is -0.403 e. The first-order valence-corrected chi connectivity index (χ1v) is 10.5. The lowest BCUT2D eigenvalue weighted by Crippen LogP contribution is -2.25. The van der Waals surface area contributed by atoms with Gasteiger partial charge in [-0.25, -0.2) is 31.4 Å². The molecule has 0 fully saturated rings. The van der Waals surface area contributed by atoms with Gasteiger partial charge in [-0.2, -0.15) is 5.10 Å². The number of aryl methyl sites for hydroxylation is 1. The van der Waals surface area contributed by atoms with Gasteiger partial charge in [-0.1, -0.05) is 42.1 Å². The molecule has 2 aromatic carbocycles. The van der Waals surface area contributed by atoms with Crippen LogP contribution in [0.25, 0.3) is 6.08 Å². The van der Waals surface area contributed by atoms with E-state index in [1.807, 2.05) is 6.07 Å². The Kier molecular flexibility index (Phi) is 6.97. The van der Waals surface area contributed by atoms with Crippen LogP contribution in [0.2, 0.25) is 0 Å². The fourth-order valence-corrected chi connectivity index (χ4v) is 3.75. The second kappa shape index (κ2) is 9.38. The van der Waals surface area contributed by atoms with E-state index in [0.29, 0.717) is 0 Å². The predicted molar refractivity (Wildman–Crippen MR) is 113 cm³/mol. The molecule has 0 aliphatic rings. The van der Waals surface area contributed by atoms with Crippen LogP contribution in [0.5, 0.6) is 5.88 Å². The lowest BCUT2D eigenvalue weighted by molar-refractivity contribution is -0.129. The van der Waals surface area contributed by atoms with Gasteiger partial charge in [0.15, 0.2) is 23.3 Å². The number of carbonyl (C=O) groups is 1. The smallest absolute Gasteiger partial charge is 0.337 e. The van der Waals surface area contributed by atoms with Gasteiger partial charge in [0, 0.05) is 6.08 Å². The number of esters is 1. The molecular formula is C23H19F5N2O2S. The molecule has 1 aromatic heterocycles. The van der Waals surface area contributed by atoms with Gasteiger partial charge < -0.3 is 4.74 Å². The average Bonchev–Trinajstić information content (AvgIpc) is 3.08. The summed E-state index contributed by atoms with van der Waals surface area (Å²) in [6, 6.07) is 8.89. The molecule has 3 aromatic rings. The summed E-state index contributed by atoms with van der Waals surface area (Å²) in [5.74, 6) is -11.4. The third-order valence-electron chi connectivity index (χ3n) is 4.38. The zero-order valence-electron chi connectivity index (χ0n) is 18.1. The predicted octanol–water partition coefficient (Wildman–Crippen LogP) is 6.41. The summed E-state index contributed by atoms with van der Waals surface area (Å²) in [4.78, 5) is 11.3. The Labute approximate surface area is 191 Å². The molecule has 0 aliphatic heterocycles. The maximum atomic E-state index is 14.3. The fraction of sp³-hybridized carbons (Fsp3) is 0.217. The van der Waals surface area contributed by atoms with E-state index >= 15 is 0 Å². The maximum absolute atomic E-state index is 14.3. The van der Waals surface area contributed by atoms with Gasteiger partial charge in [0.25, 0.3) is 0 Å². The molecule has 174 valence electrons. The molecule has 33 heavy (non-hydrogen) atoms. The third kappa shape index (κ3) is 5.11. The van der Waals surface area contributed by atoms with E-state index in [1.165, 1.54) is 17.7 Å². The molecule has 0 aliphatic carbocycles. The van der Waals surface area contributed by atoms with Crippen molar-refractivity contribution < 1.29 is 31.5 Å². The van der Waals surface area contributed by atoms with Crippen LogP contribution in [-0.2, 0) is 10.3 Å². The lowest BCUT2D eigenvalue weighted by Gasteiger charge is -2.21.